The number of aliphatic hydroxyl groups is 2. The third kappa shape index (κ3) is 2.43. The smallest absolute Gasteiger partial charge is 0.370 e. The zero-order valence-corrected chi connectivity index (χ0v) is 7.01. The second-order valence-corrected chi connectivity index (χ2v) is 2.86. The molecule has 13 heavy (non-hydrogen) atoms. The third-order valence-electron chi connectivity index (χ3n) is 1.89. The van der Waals surface area contributed by atoms with Gasteiger partial charge in [-0.05, 0) is 18.9 Å². The lowest BCUT2D eigenvalue weighted by atomic mass is 10.1. The maximum Gasteiger partial charge on any atom is 0.370 e. The van der Waals surface area contributed by atoms with E-state index < -0.39 is 24.8 Å². The number of hydrogen-bond donors (Lipinski definition) is 3. The largest absolute Gasteiger partial charge is 0.481 e. The normalized spacial score (nSPS) is 24.5. The Bertz CT molecular complexity index is 223. The van der Waals surface area contributed by atoms with Crippen LogP contribution in [0.15, 0.2) is 11.8 Å². The summed E-state index contributed by atoms with van der Waals surface area (Å²) in [7, 11) is 0. The van der Waals surface area contributed by atoms with Crippen LogP contribution >= 0.6 is 0 Å². The molecule has 0 bridgehead atoms. The number of carbonyl (C=O) groups is 1. The van der Waals surface area contributed by atoms with Crippen molar-refractivity contribution in [2.24, 2.45) is 0 Å². The number of rotatable bonds is 3. The molecule has 0 saturated heterocycles. The fraction of sp³-hybridized carbons (Fsp3) is 0.625. The lowest BCUT2D eigenvalue weighted by molar-refractivity contribution is -0.140. The van der Waals surface area contributed by atoms with E-state index in [1.165, 1.54) is 6.08 Å². The third-order valence-corrected chi connectivity index (χ3v) is 1.89. The molecule has 1 aliphatic heterocycles. The highest BCUT2D eigenvalue weighted by Crippen LogP contribution is 2.19. The molecule has 0 aliphatic carbocycles. The number of carboxylic acids is 1. The molecule has 5 nitrogen and oxygen atoms in total. The number of aliphatic carboxylic acids is 1. The minimum atomic E-state index is -1.14. The summed E-state index contributed by atoms with van der Waals surface area (Å²) in [6.07, 6.45) is 0.911. The van der Waals surface area contributed by atoms with Crippen LogP contribution < -0.4 is 0 Å². The van der Waals surface area contributed by atoms with Gasteiger partial charge in [-0.25, -0.2) is 4.79 Å². The Hall–Kier alpha value is -1.07. The highest BCUT2D eigenvalue weighted by Gasteiger charge is 2.26. The van der Waals surface area contributed by atoms with Crippen molar-refractivity contribution in [1.82, 2.24) is 0 Å². The molecule has 1 heterocycles. The maximum atomic E-state index is 10.5. The first-order valence-electron chi connectivity index (χ1n) is 4.04. The highest BCUT2D eigenvalue weighted by atomic mass is 16.5. The van der Waals surface area contributed by atoms with Crippen LogP contribution in [0.1, 0.15) is 12.8 Å². The van der Waals surface area contributed by atoms with Crippen LogP contribution in [-0.2, 0) is 9.53 Å². The molecule has 0 radical (unpaired) electrons. The summed E-state index contributed by atoms with van der Waals surface area (Å²) in [5.74, 6) is -1.29. The van der Waals surface area contributed by atoms with Gasteiger partial charge in [0, 0.05) is 0 Å². The Balaban J connectivity index is 2.57. The highest BCUT2D eigenvalue weighted by molar-refractivity contribution is 5.84. The van der Waals surface area contributed by atoms with Crippen LogP contribution in [0, 0.1) is 0 Å². The van der Waals surface area contributed by atoms with Crippen LogP contribution in [0.25, 0.3) is 0 Å². The molecule has 3 N–H and O–H groups in total. The summed E-state index contributed by atoms with van der Waals surface area (Å²) in [6.45, 7) is -0.419. The van der Waals surface area contributed by atoms with Crippen molar-refractivity contribution in [3.63, 3.8) is 0 Å². The Morgan fingerprint density at radius 3 is 3.00 bits per heavy atom. The molecule has 0 saturated carbocycles. The first-order chi connectivity index (χ1) is 6.15. The lowest BCUT2D eigenvalue weighted by Gasteiger charge is -2.25. The predicted octanol–water partition coefficient (Wildman–Crippen LogP) is -0.513. The maximum absolute atomic E-state index is 10.5. The number of hydrogen-bond acceptors (Lipinski definition) is 4. The van der Waals surface area contributed by atoms with Gasteiger partial charge in [0.15, 0.2) is 0 Å². The molecule has 1 rings (SSSR count). The van der Waals surface area contributed by atoms with Crippen molar-refractivity contribution in [3.8, 4) is 0 Å². The minimum absolute atomic E-state index is 0.149. The molecule has 0 aromatic carbocycles. The quantitative estimate of drug-likeness (QED) is 0.555. The fourth-order valence-corrected chi connectivity index (χ4v) is 1.18. The lowest BCUT2D eigenvalue weighted by Crippen LogP contribution is -2.34. The van der Waals surface area contributed by atoms with Crippen molar-refractivity contribution in [2.75, 3.05) is 6.61 Å². The topological polar surface area (TPSA) is 87.0 Å². The molecule has 0 fully saturated rings. The number of ether oxygens (including phenoxy) is 1. The summed E-state index contributed by atoms with van der Waals surface area (Å²) in [6, 6.07) is 0. The van der Waals surface area contributed by atoms with Gasteiger partial charge in [-0.15, -0.1) is 0 Å². The zero-order valence-electron chi connectivity index (χ0n) is 7.01. The Morgan fingerprint density at radius 2 is 2.46 bits per heavy atom. The molecule has 0 aromatic rings. The molecular weight excluding hydrogens is 176 g/mol. The molecule has 1 aliphatic rings. The molecule has 0 unspecified atom stereocenters. The molecule has 0 spiro atoms. The van der Waals surface area contributed by atoms with Gasteiger partial charge >= 0.3 is 5.97 Å². The summed E-state index contributed by atoms with van der Waals surface area (Å²) in [5.41, 5.74) is 0. The van der Waals surface area contributed by atoms with Gasteiger partial charge in [0.2, 0.25) is 5.76 Å². The second kappa shape index (κ2) is 4.25. The van der Waals surface area contributed by atoms with Gasteiger partial charge in [0.1, 0.15) is 12.2 Å². The Labute approximate surface area is 75.3 Å². The van der Waals surface area contributed by atoms with Crippen molar-refractivity contribution in [3.05, 3.63) is 11.8 Å². The molecular formula is C8H12O5. The van der Waals surface area contributed by atoms with Crippen LogP contribution in [0.5, 0.6) is 0 Å². The van der Waals surface area contributed by atoms with Gasteiger partial charge in [-0.3, -0.25) is 0 Å². The predicted molar refractivity (Wildman–Crippen MR) is 42.9 cm³/mol. The summed E-state index contributed by atoms with van der Waals surface area (Å²) in [4.78, 5) is 10.5. The average Bonchev–Trinajstić information content (AvgIpc) is 2.17. The Kier molecular flexibility index (Phi) is 3.27. The van der Waals surface area contributed by atoms with Gasteiger partial charge < -0.3 is 20.1 Å². The molecule has 74 valence electrons. The van der Waals surface area contributed by atoms with E-state index in [4.69, 9.17) is 14.9 Å². The van der Waals surface area contributed by atoms with Gasteiger partial charge in [-0.1, -0.05) is 0 Å². The van der Waals surface area contributed by atoms with Gasteiger partial charge in [0.25, 0.3) is 0 Å². The summed E-state index contributed by atoms with van der Waals surface area (Å²) < 4.78 is 4.95. The summed E-state index contributed by atoms with van der Waals surface area (Å²) >= 11 is 0. The van der Waals surface area contributed by atoms with E-state index in [1.54, 1.807) is 0 Å². The minimum Gasteiger partial charge on any atom is -0.481 e. The zero-order chi connectivity index (χ0) is 9.84. The first kappa shape index (κ1) is 10.0. The van der Waals surface area contributed by atoms with Crippen LogP contribution in [0.4, 0.5) is 0 Å². The fourth-order valence-electron chi connectivity index (χ4n) is 1.18. The van der Waals surface area contributed by atoms with E-state index in [-0.39, 0.29) is 5.76 Å². The van der Waals surface area contributed by atoms with E-state index >= 15 is 0 Å². The van der Waals surface area contributed by atoms with E-state index in [1.807, 2.05) is 0 Å². The van der Waals surface area contributed by atoms with Crippen molar-refractivity contribution < 1.29 is 24.9 Å². The van der Waals surface area contributed by atoms with Gasteiger partial charge in [0.05, 0.1) is 6.61 Å². The van der Waals surface area contributed by atoms with Crippen LogP contribution in [-0.4, -0.2) is 40.1 Å². The summed E-state index contributed by atoms with van der Waals surface area (Å²) in [5, 5.41) is 26.4. The second-order valence-electron chi connectivity index (χ2n) is 2.86. The monoisotopic (exact) mass is 188 g/mol. The molecule has 5 heteroatoms. The van der Waals surface area contributed by atoms with Crippen LogP contribution in [0.2, 0.25) is 0 Å². The van der Waals surface area contributed by atoms with E-state index in [9.17, 15) is 9.90 Å². The van der Waals surface area contributed by atoms with E-state index in [0.29, 0.717) is 12.8 Å². The number of aliphatic hydroxyl groups excluding tert-OH is 2. The van der Waals surface area contributed by atoms with Gasteiger partial charge in [-0.2, -0.15) is 0 Å². The molecule has 0 aromatic heterocycles. The van der Waals surface area contributed by atoms with E-state index in [0.717, 1.165) is 0 Å². The standard InChI is InChI=1S/C8H12O5/c9-4-5(10)6-2-1-3-7(13-6)8(11)12/h3,5-6,9-10H,1-2,4H2,(H,11,12)/t5-,6+/m1/s1. The van der Waals surface area contributed by atoms with E-state index in [2.05, 4.69) is 0 Å². The number of allylic oxidation sites excluding steroid dienone is 1. The SMILES string of the molecule is O=C(O)C1=CCC[C@@H]([C@H](O)CO)O1. The average molecular weight is 188 g/mol. The number of carboxylic acid groups (broad SMARTS) is 1. The van der Waals surface area contributed by atoms with Crippen LogP contribution in [0.3, 0.4) is 0 Å². The first-order valence-corrected chi connectivity index (χ1v) is 4.04. The molecule has 2 atom stereocenters. The van der Waals surface area contributed by atoms with Crippen molar-refractivity contribution >= 4 is 5.97 Å². The van der Waals surface area contributed by atoms with Crippen molar-refractivity contribution in [1.29, 1.82) is 0 Å². The Morgan fingerprint density at radius 1 is 1.77 bits per heavy atom. The van der Waals surface area contributed by atoms with Crippen molar-refractivity contribution in [2.45, 2.75) is 25.0 Å². The molecule has 0 amide bonds.